The van der Waals surface area contributed by atoms with E-state index < -0.39 is 5.60 Å². The Morgan fingerprint density at radius 1 is 1.41 bits per heavy atom. The lowest BCUT2D eigenvalue weighted by Crippen LogP contribution is -2.61. The molecule has 3 heterocycles. The zero-order valence-corrected chi connectivity index (χ0v) is 15.2. The minimum Gasteiger partial charge on any atom is -0.444 e. The SMILES string of the molecule is C[C@H]1CC(NC2CN(C(=O)OC(C)(C)C)C2)c2ccsc2S1. The topological polar surface area (TPSA) is 41.6 Å². The Morgan fingerprint density at radius 3 is 2.82 bits per heavy atom. The largest absolute Gasteiger partial charge is 0.444 e. The quantitative estimate of drug-likeness (QED) is 0.887. The number of carbonyl (C=O) groups excluding carboxylic acids is 1. The minimum absolute atomic E-state index is 0.200. The Balaban J connectivity index is 1.52. The van der Waals surface area contributed by atoms with Crippen molar-refractivity contribution in [2.45, 2.75) is 61.3 Å². The number of nitrogens with one attached hydrogen (secondary N) is 1. The highest BCUT2D eigenvalue weighted by Crippen LogP contribution is 2.44. The van der Waals surface area contributed by atoms with Crippen LogP contribution in [0.5, 0.6) is 0 Å². The Kier molecular flexibility index (Phi) is 4.45. The van der Waals surface area contributed by atoms with Crippen molar-refractivity contribution in [3.8, 4) is 0 Å². The van der Waals surface area contributed by atoms with Gasteiger partial charge in [0.15, 0.2) is 0 Å². The fourth-order valence-corrected chi connectivity index (χ4v) is 5.42. The molecule has 2 aliphatic heterocycles. The van der Waals surface area contributed by atoms with Gasteiger partial charge in [-0.25, -0.2) is 4.79 Å². The molecule has 6 heteroatoms. The Morgan fingerprint density at radius 2 is 2.14 bits per heavy atom. The molecule has 0 aliphatic carbocycles. The molecule has 1 unspecified atom stereocenters. The smallest absolute Gasteiger partial charge is 0.410 e. The molecule has 2 aliphatic rings. The summed E-state index contributed by atoms with van der Waals surface area (Å²) in [6.07, 6.45) is 0.950. The van der Waals surface area contributed by atoms with Gasteiger partial charge in [-0.3, -0.25) is 0 Å². The maximum atomic E-state index is 12.0. The average Bonchev–Trinajstić information content (AvgIpc) is 2.78. The highest BCUT2D eigenvalue weighted by molar-refractivity contribution is 8.01. The molecule has 1 aromatic rings. The second-order valence-electron chi connectivity index (χ2n) is 7.13. The van der Waals surface area contributed by atoms with Crippen LogP contribution in [0.4, 0.5) is 4.79 Å². The number of ether oxygens (including phenoxy) is 1. The third-order valence-corrected chi connectivity index (χ3v) is 6.22. The predicted molar refractivity (Wildman–Crippen MR) is 91.7 cm³/mol. The highest BCUT2D eigenvalue weighted by atomic mass is 32.2. The van der Waals surface area contributed by atoms with Gasteiger partial charge >= 0.3 is 6.09 Å². The molecule has 0 radical (unpaired) electrons. The molecule has 22 heavy (non-hydrogen) atoms. The van der Waals surface area contributed by atoms with E-state index in [0.29, 0.717) is 17.3 Å². The first-order chi connectivity index (χ1) is 10.3. The summed E-state index contributed by atoms with van der Waals surface area (Å²) in [4.78, 5) is 13.7. The van der Waals surface area contributed by atoms with Gasteiger partial charge < -0.3 is 15.0 Å². The van der Waals surface area contributed by atoms with E-state index in [0.717, 1.165) is 19.5 Å². The van der Waals surface area contributed by atoms with Crippen molar-refractivity contribution in [2.75, 3.05) is 13.1 Å². The van der Waals surface area contributed by atoms with Gasteiger partial charge in [0.1, 0.15) is 5.60 Å². The predicted octanol–water partition coefficient (Wildman–Crippen LogP) is 3.88. The lowest BCUT2D eigenvalue weighted by Gasteiger charge is -2.42. The first-order valence-corrected chi connectivity index (χ1v) is 9.56. The average molecular weight is 341 g/mol. The molecule has 0 saturated carbocycles. The van der Waals surface area contributed by atoms with E-state index in [-0.39, 0.29) is 6.09 Å². The fourth-order valence-electron chi connectivity index (χ4n) is 2.85. The van der Waals surface area contributed by atoms with Gasteiger partial charge in [-0.15, -0.1) is 23.1 Å². The number of thiophene rings is 1. The van der Waals surface area contributed by atoms with Gasteiger partial charge in [0.2, 0.25) is 0 Å². The lowest BCUT2D eigenvalue weighted by atomic mass is 10.0. The van der Waals surface area contributed by atoms with Gasteiger partial charge in [-0.2, -0.15) is 0 Å². The van der Waals surface area contributed by atoms with Crippen molar-refractivity contribution < 1.29 is 9.53 Å². The summed E-state index contributed by atoms with van der Waals surface area (Å²) >= 11 is 3.82. The summed E-state index contributed by atoms with van der Waals surface area (Å²) in [6, 6.07) is 3.03. The van der Waals surface area contributed by atoms with Crippen LogP contribution in [-0.2, 0) is 4.74 Å². The molecular weight excluding hydrogens is 316 g/mol. The van der Waals surface area contributed by atoms with Crippen molar-refractivity contribution in [3.63, 3.8) is 0 Å². The molecule has 1 fully saturated rings. The van der Waals surface area contributed by atoms with E-state index in [2.05, 4.69) is 23.7 Å². The first-order valence-electron chi connectivity index (χ1n) is 7.80. The Bertz CT molecular complexity index is 547. The number of fused-ring (bicyclic) bond motifs is 1. The standard InChI is InChI=1S/C16H24N2O2S2/c1-10-7-13(12-5-6-21-14(12)22-10)17-11-8-18(9-11)15(19)20-16(2,3)4/h5-6,10-11,13,17H,7-9H2,1-4H3/t10-,13?/m0/s1. The van der Waals surface area contributed by atoms with E-state index >= 15 is 0 Å². The number of hydrogen-bond donors (Lipinski definition) is 1. The molecule has 1 N–H and O–H groups in total. The maximum Gasteiger partial charge on any atom is 0.410 e. The van der Waals surface area contributed by atoms with Crippen LogP contribution in [0.2, 0.25) is 0 Å². The Hall–Kier alpha value is -0.720. The molecule has 0 aromatic carbocycles. The number of hydrogen-bond acceptors (Lipinski definition) is 5. The fraction of sp³-hybridized carbons (Fsp3) is 0.688. The van der Waals surface area contributed by atoms with E-state index in [4.69, 9.17) is 4.74 Å². The second-order valence-corrected chi connectivity index (χ2v) is 9.75. The molecule has 1 amide bonds. The van der Waals surface area contributed by atoms with E-state index in [1.54, 1.807) is 4.90 Å². The number of amides is 1. The van der Waals surface area contributed by atoms with Crippen LogP contribution in [0.25, 0.3) is 0 Å². The second kappa shape index (κ2) is 6.06. The van der Waals surface area contributed by atoms with Crippen LogP contribution in [0.15, 0.2) is 15.7 Å². The van der Waals surface area contributed by atoms with Gasteiger partial charge in [0.25, 0.3) is 0 Å². The van der Waals surface area contributed by atoms with Crippen molar-refractivity contribution >= 4 is 29.2 Å². The Labute approximate surface area is 140 Å². The number of nitrogens with zero attached hydrogens (tertiary/aromatic N) is 1. The van der Waals surface area contributed by atoms with Gasteiger partial charge in [0.05, 0.1) is 4.21 Å². The summed E-state index contributed by atoms with van der Waals surface area (Å²) < 4.78 is 6.84. The number of likely N-dealkylation sites (tertiary alicyclic amines) is 1. The van der Waals surface area contributed by atoms with E-state index in [1.807, 2.05) is 43.9 Å². The van der Waals surface area contributed by atoms with Gasteiger partial charge in [-0.05, 0) is 44.2 Å². The third kappa shape index (κ3) is 3.60. The summed E-state index contributed by atoms with van der Waals surface area (Å²) in [5.74, 6) is 0. The van der Waals surface area contributed by atoms with E-state index in [1.165, 1.54) is 9.77 Å². The summed E-state index contributed by atoms with van der Waals surface area (Å²) in [6.45, 7) is 9.48. The highest BCUT2D eigenvalue weighted by Gasteiger charge is 2.36. The number of rotatable bonds is 2. The van der Waals surface area contributed by atoms with Gasteiger partial charge in [0, 0.05) is 30.4 Å². The molecule has 2 atom stereocenters. The molecular formula is C16H24N2O2S2. The van der Waals surface area contributed by atoms with Crippen molar-refractivity contribution in [1.82, 2.24) is 10.2 Å². The molecule has 122 valence electrons. The summed E-state index contributed by atoms with van der Waals surface area (Å²) in [7, 11) is 0. The number of thioether (sulfide) groups is 1. The molecule has 1 saturated heterocycles. The number of carbonyl (C=O) groups is 1. The molecule has 4 nitrogen and oxygen atoms in total. The van der Waals surface area contributed by atoms with Gasteiger partial charge in [-0.1, -0.05) is 6.92 Å². The van der Waals surface area contributed by atoms with Crippen LogP contribution < -0.4 is 5.32 Å². The summed E-state index contributed by atoms with van der Waals surface area (Å²) in [5, 5.41) is 6.54. The van der Waals surface area contributed by atoms with Crippen molar-refractivity contribution in [1.29, 1.82) is 0 Å². The van der Waals surface area contributed by atoms with Crippen molar-refractivity contribution in [3.05, 3.63) is 17.0 Å². The van der Waals surface area contributed by atoms with Crippen molar-refractivity contribution in [2.24, 2.45) is 0 Å². The first kappa shape index (κ1) is 16.1. The van der Waals surface area contributed by atoms with Crippen LogP contribution in [0, 0.1) is 0 Å². The molecule has 0 spiro atoms. The summed E-state index contributed by atoms with van der Waals surface area (Å²) in [5.41, 5.74) is 1.01. The van der Waals surface area contributed by atoms with Crippen LogP contribution in [0.3, 0.4) is 0 Å². The maximum absolute atomic E-state index is 12.0. The molecule has 0 bridgehead atoms. The van der Waals surface area contributed by atoms with Crippen LogP contribution in [-0.4, -0.2) is 41.0 Å². The molecule has 1 aromatic heterocycles. The van der Waals surface area contributed by atoms with Crippen LogP contribution in [0.1, 0.15) is 45.7 Å². The normalized spacial score (nSPS) is 25.5. The molecule has 3 rings (SSSR count). The van der Waals surface area contributed by atoms with E-state index in [9.17, 15) is 4.79 Å². The van der Waals surface area contributed by atoms with Crippen LogP contribution >= 0.6 is 23.1 Å². The third-order valence-electron chi connectivity index (χ3n) is 3.88. The zero-order chi connectivity index (χ0) is 15.9. The monoisotopic (exact) mass is 340 g/mol. The lowest BCUT2D eigenvalue weighted by molar-refractivity contribution is 0.00397. The minimum atomic E-state index is -0.419. The zero-order valence-electron chi connectivity index (χ0n) is 13.6.